The highest BCUT2D eigenvalue weighted by atomic mass is 35.5. The van der Waals surface area contributed by atoms with E-state index in [-0.39, 0.29) is 24.2 Å². The van der Waals surface area contributed by atoms with Crippen molar-refractivity contribution in [3.8, 4) is 5.82 Å². The van der Waals surface area contributed by atoms with Crippen molar-refractivity contribution in [2.24, 2.45) is 5.92 Å². The first-order valence-corrected chi connectivity index (χ1v) is 7.67. The number of piperidine rings is 1. The average Bonchev–Trinajstić information content (AvgIpc) is 3.07. The van der Waals surface area contributed by atoms with E-state index in [1.54, 1.807) is 18.7 Å². The number of hydrogen-bond acceptors (Lipinski definition) is 4. The van der Waals surface area contributed by atoms with E-state index in [0.717, 1.165) is 30.8 Å². The minimum atomic E-state index is 0. The van der Waals surface area contributed by atoms with Crippen LogP contribution in [0.15, 0.2) is 37.1 Å². The topological polar surface area (TPSA) is 71.8 Å². The van der Waals surface area contributed by atoms with Gasteiger partial charge in [0.25, 0.3) is 0 Å². The summed E-state index contributed by atoms with van der Waals surface area (Å²) in [5, 5.41) is 6.41. The molecule has 7 heteroatoms. The Morgan fingerprint density at radius 2 is 2.35 bits per heavy atom. The summed E-state index contributed by atoms with van der Waals surface area (Å²) < 4.78 is 1.85. The number of pyridine rings is 1. The van der Waals surface area contributed by atoms with Gasteiger partial charge in [0.1, 0.15) is 12.1 Å². The van der Waals surface area contributed by atoms with E-state index >= 15 is 0 Å². The van der Waals surface area contributed by atoms with Crippen molar-refractivity contribution in [2.75, 3.05) is 6.54 Å². The molecule has 0 radical (unpaired) electrons. The molecule has 1 aliphatic heterocycles. The normalized spacial score (nSPS) is 20.6. The maximum absolute atomic E-state index is 12.3. The first kappa shape index (κ1) is 17.4. The van der Waals surface area contributed by atoms with Gasteiger partial charge in [0, 0.05) is 37.1 Å². The van der Waals surface area contributed by atoms with E-state index in [0.29, 0.717) is 12.6 Å². The summed E-state index contributed by atoms with van der Waals surface area (Å²) in [7, 11) is 0. The fourth-order valence-corrected chi connectivity index (χ4v) is 2.81. The van der Waals surface area contributed by atoms with Gasteiger partial charge in [-0.1, -0.05) is 0 Å². The van der Waals surface area contributed by atoms with E-state index in [4.69, 9.17) is 0 Å². The van der Waals surface area contributed by atoms with Crippen LogP contribution in [0.1, 0.15) is 25.3 Å². The minimum Gasteiger partial charge on any atom is -0.352 e. The number of aromatic nitrogens is 3. The minimum absolute atomic E-state index is 0. The van der Waals surface area contributed by atoms with Gasteiger partial charge < -0.3 is 10.6 Å². The number of imidazole rings is 1. The van der Waals surface area contributed by atoms with Crippen molar-refractivity contribution in [3.05, 3.63) is 42.6 Å². The fraction of sp³-hybridized carbons (Fsp3) is 0.438. The highest BCUT2D eigenvalue weighted by Gasteiger charge is 2.24. The summed E-state index contributed by atoms with van der Waals surface area (Å²) in [4.78, 5) is 20.6. The molecule has 0 aromatic carbocycles. The van der Waals surface area contributed by atoms with Crippen LogP contribution in [0.3, 0.4) is 0 Å². The monoisotopic (exact) mass is 335 g/mol. The van der Waals surface area contributed by atoms with Gasteiger partial charge in [-0.15, -0.1) is 12.4 Å². The third-order valence-corrected chi connectivity index (χ3v) is 4.04. The van der Waals surface area contributed by atoms with E-state index in [1.807, 2.05) is 22.9 Å². The number of hydrogen-bond donors (Lipinski definition) is 2. The molecule has 1 saturated heterocycles. The third-order valence-electron chi connectivity index (χ3n) is 4.04. The van der Waals surface area contributed by atoms with Crippen molar-refractivity contribution in [3.63, 3.8) is 0 Å². The van der Waals surface area contributed by atoms with Crippen LogP contribution in [0.2, 0.25) is 0 Å². The second-order valence-corrected chi connectivity index (χ2v) is 5.79. The number of halogens is 1. The molecule has 0 aliphatic carbocycles. The lowest BCUT2D eigenvalue weighted by Gasteiger charge is -2.27. The summed E-state index contributed by atoms with van der Waals surface area (Å²) >= 11 is 0. The number of nitrogens with zero attached hydrogens (tertiary/aromatic N) is 3. The number of carbonyl (C=O) groups excluding carboxylic acids is 1. The summed E-state index contributed by atoms with van der Waals surface area (Å²) in [5.41, 5.74) is 1.04. The zero-order valence-corrected chi connectivity index (χ0v) is 13.9. The molecule has 0 spiro atoms. The smallest absolute Gasteiger partial charge is 0.223 e. The molecule has 0 unspecified atom stereocenters. The Morgan fingerprint density at radius 1 is 1.48 bits per heavy atom. The van der Waals surface area contributed by atoms with Crippen LogP contribution in [0.4, 0.5) is 0 Å². The molecule has 1 fully saturated rings. The summed E-state index contributed by atoms with van der Waals surface area (Å²) in [5.74, 6) is 1.07. The molecule has 2 aromatic rings. The Balaban J connectivity index is 0.00000192. The highest BCUT2D eigenvalue weighted by Crippen LogP contribution is 2.16. The van der Waals surface area contributed by atoms with Crippen molar-refractivity contribution >= 4 is 18.3 Å². The van der Waals surface area contributed by atoms with Gasteiger partial charge in [-0.3, -0.25) is 9.36 Å². The molecule has 3 heterocycles. The molecule has 1 amide bonds. The van der Waals surface area contributed by atoms with Crippen molar-refractivity contribution in [1.82, 2.24) is 25.2 Å². The van der Waals surface area contributed by atoms with Gasteiger partial charge in [0.2, 0.25) is 5.91 Å². The van der Waals surface area contributed by atoms with E-state index in [1.165, 1.54) is 0 Å². The lowest BCUT2D eigenvalue weighted by Crippen LogP contribution is -2.42. The largest absolute Gasteiger partial charge is 0.352 e. The van der Waals surface area contributed by atoms with Crippen LogP contribution in [-0.2, 0) is 11.3 Å². The third kappa shape index (κ3) is 4.53. The average molecular weight is 336 g/mol. The Kier molecular flexibility index (Phi) is 6.12. The quantitative estimate of drug-likeness (QED) is 0.892. The predicted molar refractivity (Wildman–Crippen MR) is 90.6 cm³/mol. The maximum atomic E-state index is 12.3. The van der Waals surface area contributed by atoms with Crippen molar-refractivity contribution in [1.29, 1.82) is 0 Å². The Morgan fingerprint density at radius 3 is 3.09 bits per heavy atom. The predicted octanol–water partition coefficient (Wildman–Crippen LogP) is 1.69. The van der Waals surface area contributed by atoms with Gasteiger partial charge in [-0.25, -0.2) is 9.97 Å². The lowest BCUT2D eigenvalue weighted by molar-refractivity contribution is -0.126. The van der Waals surface area contributed by atoms with Crippen LogP contribution >= 0.6 is 12.4 Å². The molecule has 23 heavy (non-hydrogen) atoms. The Labute approximate surface area is 142 Å². The molecular weight excluding hydrogens is 314 g/mol. The second-order valence-electron chi connectivity index (χ2n) is 5.79. The molecular formula is C16H22ClN5O. The lowest BCUT2D eigenvalue weighted by atomic mass is 9.92. The van der Waals surface area contributed by atoms with E-state index in [9.17, 15) is 4.79 Å². The number of carbonyl (C=O) groups is 1. The summed E-state index contributed by atoms with van der Waals surface area (Å²) in [6.45, 7) is 3.57. The van der Waals surface area contributed by atoms with Crippen LogP contribution in [0.25, 0.3) is 5.82 Å². The van der Waals surface area contributed by atoms with Crippen molar-refractivity contribution in [2.45, 2.75) is 32.4 Å². The molecule has 6 nitrogen and oxygen atoms in total. The van der Waals surface area contributed by atoms with E-state index in [2.05, 4.69) is 27.5 Å². The molecule has 2 N–H and O–H groups in total. The zero-order chi connectivity index (χ0) is 15.4. The summed E-state index contributed by atoms with van der Waals surface area (Å²) in [6, 6.07) is 4.30. The van der Waals surface area contributed by atoms with Gasteiger partial charge in [-0.05, 0) is 44.0 Å². The Bertz CT molecular complexity index is 631. The van der Waals surface area contributed by atoms with Gasteiger partial charge in [-0.2, -0.15) is 0 Å². The first-order valence-electron chi connectivity index (χ1n) is 7.67. The number of rotatable bonds is 4. The van der Waals surface area contributed by atoms with Gasteiger partial charge in [0.05, 0.1) is 0 Å². The van der Waals surface area contributed by atoms with Crippen LogP contribution < -0.4 is 10.6 Å². The summed E-state index contributed by atoms with van der Waals surface area (Å²) in [6.07, 6.45) is 8.84. The van der Waals surface area contributed by atoms with E-state index < -0.39 is 0 Å². The molecule has 0 saturated carbocycles. The molecule has 1 aliphatic rings. The number of nitrogens with one attached hydrogen (secondary N) is 2. The first-order chi connectivity index (χ1) is 10.7. The van der Waals surface area contributed by atoms with Crippen LogP contribution in [0.5, 0.6) is 0 Å². The Hall–Kier alpha value is -1.92. The van der Waals surface area contributed by atoms with Gasteiger partial charge in [0.15, 0.2) is 0 Å². The van der Waals surface area contributed by atoms with Crippen LogP contribution in [0, 0.1) is 5.92 Å². The molecule has 0 bridgehead atoms. The second kappa shape index (κ2) is 8.08. The molecule has 2 atom stereocenters. The fourth-order valence-electron chi connectivity index (χ4n) is 2.81. The van der Waals surface area contributed by atoms with Gasteiger partial charge >= 0.3 is 0 Å². The van der Waals surface area contributed by atoms with Crippen LogP contribution in [-0.4, -0.2) is 33.0 Å². The standard InChI is InChI=1S/C16H21N5O.ClH/c1-12-8-14(3-5-18-12)16(22)20-10-13-2-4-19-15(9-13)21-7-6-17-11-21;/h2,4,6-7,9,11-12,14,18H,3,5,8,10H2,1H3,(H,20,22);1H/t12-,14-;/m0./s1. The highest BCUT2D eigenvalue weighted by molar-refractivity contribution is 5.85. The molecule has 3 rings (SSSR count). The number of amides is 1. The SMILES string of the molecule is C[C@H]1C[C@@H](C(=O)NCc2ccnc(-n3ccnc3)c2)CCN1.Cl. The molecule has 2 aromatic heterocycles. The zero-order valence-electron chi connectivity index (χ0n) is 13.1. The molecule has 124 valence electrons. The maximum Gasteiger partial charge on any atom is 0.223 e. The van der Waals surface area contributed by atoms with Crippen molar-refractivity contribution < 1.29 is 4.79 Å².